The highest BCUT2D eigenvalue weighted by Gasteiger charge is 2.37. The second kappa shape index (κ2) is 3.61. The van der Waals surface area contributed by atoms with Crippen molar-refractivity contribution >= 4 is 0 Å². The fourth-order valence-electron chi connectivity index (χ4n) is 1.20. The van der Waals surface area contributed by atoms with Crippen LogP contribution in [0.25, 0.3) is 0 Å². The SMILES string of the molecule is Cc1cc(CC(N)C(F)(F)F)n(C)n1. The number of alkyl halides is 3. The third kappa shape index (κ3) is 2.47. The van der Waals surface area contributed by atoms with Crippen LogP contribution in [0.3, 0.4) is 0 Å². The lowest BCUT2D eigenvalue weighted by atomic mass is 10.1. The molecule has 3 nitrogen and oxygen atoms in total. The van der Waals surface area contributed by atoms with Crippen molar-refractivity contribution in [2.45, 2.75) is 25.6 Å². The summed E-state index contributed by atoms with van der Waals surface area (Å²) in [6, 6.07) is -0.219. The largest absolute Gasteiger partial charge is 0.404 e. The Morgan fingerprint density at radius 2 is 2.14 bits per heavy atom. The maximum absolute atomic E-state index is 12.1. The number of rotatable bonds is 2. The number of hydrogen-bond acceptors (Lipinski definition) is 2. The molecule has 0 aliphatic rings. The van der Waals surface area contributed by atoms with Gasteiger partial charge in [0.05, 0.1) is 5.69 Å². The average molecular weight is 207 g/mol. The number of hydrogen-bond donors (Lipinski definition) is 1. The van der Waals surface area contributed by atoms with Gasteiger partial charge in [0.1, 0.15) is 6.04 Å². The lowest BCUT2D eigenvalue weighted by molar-refractivity contribution is -0.147. The standard InChI is InChI=1S/C8H12F3N3/c1-5-3-6(14(2)13-5)4-7(12)8(9,10)11/h3,7H,4,12H2,1-2H3. The normalized spacial score (nSPS) is 14.4. The topological polar surface area (TPSA) is 43.8 Å². The minimum atomic E-state index is -4.35. The van der Waals surface area contributed by atoms with E-state index in [1.807, 2.05) is 0 Å². The highest BCUT2D eigenvalue weighted by Crippen LogP contribution is 2.21. The zero-order valence-corrected chi connectivity index (χ0v) is 7.97. The molecule has 0 amide bonds. The molecule has 14 heavy (non-hydrogen) atoms. The molecule has 0 fully saturated rings. The minimum absolute atomic E-state index is 0.235. The van der Waals surface area contributed by atoms with E-state index < -0.39 is 12.2 Å². The first-order valence-electron chi connectivity index (χ1n) is 4.12. The Hall–Kier alpha value is -1.04. The maximum Gasteiger partial charge on any atom is 0.404 e. The van der Waals surface area contributed by atoms with Crippen LogP contribution in [-0.4, -0.2) is 22.0 Å². The summed E-state index contributed by atoms with van der Waals surface area (Å²) in [4.78, 5) is 0. The highest BCUT2D eigenvalue weighted by molar-refractivity contribution is 5.10. The molecule has 1 heterocycles. The minimum Gasteiger partial charge on any atom is -0.320 e. The summed E-state index contributed by atoms with van der Waals surface area (Å²) in [6.07, 6.45) is -4.58. The van der Waals surface area contributed by atoms with Gasteiger partial charge in [0, 0.05) is 19.2 Å². The number of aryl methyl sites for hydroxylation is 2. The van der Waals surface area contributed by atoms with Crippen LogP contribution in [0.15, 0.2) is 6.07 Å². The van der Waals surface area contributed by atoms with E-state index in [-0.39, 0.29) is 6.42 Å². The van der Waals surface area contributed by atoms with Gasteiger partial charge in [0.25, 0.3) is 0 Å². The Morgan fingerprint density at radius 3 is 2.50 bits per heavy atom. The number of aromatic nitrogens is 2. The van der Waals surface area contributed by atoms with Gasteiger partial charge in [-0.2, -0.15) is 18.3 Å². The Morgan fingerprint density at radius 1 is 1.57 bits per heavy atom. The Labute approximate surface area is 79.7 Å². The van der Waals surface area contributed by atoms with E-state index in [1.54, 1.807) is 20.0 Å². The van der Waals surface area contributed by atoms with E-state index in [4.69, 9.17) is 5.73 Å². The third-order valence-electron chi connectivity index (χ3n) is 1.95. The van der Waals surface area contributed by atoms with Crippen molar-refractivity contribution in [1.82, 2.24) is 9.78 Å². The van der Waals surface area contributed by atoms with Gasteiger partial charge >= 0.3 is 6.18 Å². The molecular weight excluding hydrogens is 195 g/mol. The van der Waals surface area contributed by atoms with Crippen LogP contribution in [0.1, 0.15) is 11.4 Å². The van der Waals surface area contributed by atoms with Crippen LogP contribution in [0.4, 0.5) is 13.2 Å². The third-order valence-corrected chi connectivity index (χ3v) is 1.95. The van der Waals surface area contributed by atoms with Crippen LogP contribution in [0, 0.1) is 6.92 Å². The van der Waals surface area contributed by atoms with Crippen molar-refractivity contribution in [1.29, 1.82) is 0 Å². The van der Waals surface area contributed by atoms with E-state index in [1.165, 1.54) is 4.68 Å². The first-order chi connectivity index (χ1) is 6.30. The summed E-state index contributed by atoms with van der Waals surface area (Å²) < 4.78 is 37.8. The summed E-state index contributed by atoms with van der Waals surface area (Å²) in [5.74, 6) is 0. The van der Waals surface area contributed by atoms with Gasteiger partial charge < -0.3 is 5.73 Å². The molecular formula is C8H12F3N3. The fourth-order valence-corrected chi connectivity index (χ4v) is 1.20. The molecule has 1 aromatic rings. The summed E-state index contributed by atoms with van der Waals surface area (Å²) in [5, 5.41) is 3.94. The van der Waals surface area contributed by atoms with Gasteiger partial charge in [0.2, 0.25) is 0 Å². The molecule has 1 aromatic heterocycles. The second-order valence-corrected chi connectivity index (χ2v) is 3.25. The van der Waals surface area contributed by atoms with Crippen LogP contribution < -0.4 is 5.73 Å². The molecule has 0 saturated carbocycles. The van der Waals surface area contributed by atoms with Gasteiger partial charge in [-0.1, -0.05) is 0 Å². The van der Waals surface area contributed by atoms with Gasteiger partial charge in [0.15, 0.2) is 0 Å². The summed E-state index contributed by atoms with van der Waals surface area (Å²) >= 11 is 0. The monoisotopic (exact) mass is 207 g/mol. The molecule has 80 valence electrons. The highest BCUT2D eigenvalue weighted by atomic mass is 19.4. The first-order valence-corrected chi connectivity index (χ1v) is 4.12. The van der Waals surface area contributed by atoms with Crippen molar-refractivity contribution in [2.75, 3.05) is 0 Å². The molecule has 0 aliphatic carbocycles. The van der Waals surface area contributed by atoms with Crippen LogP contribution in [-0.2, 0) is 13.5 Å². The molecule has 1 rings (SSSR count). The zero-order valence-electron chi connectivity index (χ0n) is 7.97. The summed E-state index contributed by atoms with van der Waals surface area (Å²) in [7, 11) is 1.60. The van der Waals surface area contributed by atoms with Crippen LogP contribution in [0.5, 0.6) is 0 Å². The number of nitrogens with zero attached hydrogens (tertiary/aromatic N) is 2. The van der Waals surface area contributed by atoms with Crippen molar-refractivity contribution in [3.8, 4) is 0 Å². The molecule has 0 saturated heterocycles. The molecule has 6 heteroatoms. The lowest BCUT2D eigenvalue weighted by Crippen LogP contribution is -2.39. The number of halogens is 3. The van der Waals surface area contributed by atoms with E-state index in [2.05, 4.69) is 5.10 Å². The second-order valence-electron chi connectivity index (χ2n) is 3.25. The van der Waals surface area contributed by atoms with Crippen molar-refractivity contribution in [3.63, 3.8) is 0 Å². The van der Waals surface area contributed by atoms with E-state index in [9.17, 15) is 13.2 Å². The quantitative estimate of drug-likeness (QED) is 0.790. The molecule has 0 aliphatic heterocycles. The van der Waals surface area contributed by atoms with Gasteiger partial charge in [-0.25, -0.2) is 0 Å². The zero-order chi connectivity index (χ0) is 10.9. The Balaban J connectivity index is 2.74. The summed E-state index contributed by atoms with van der Waals surface area (Å²) in [6.45, 7) is 1.72. The van der Waals surface area contributed by atoms with E-state index in [0.717, 1.165) is 0 Å². The van der Waals surface area contributed by atoms with Crippen molar-refractivity contribution in [3.05, 3.63) is 17.5 Å². The molecule has 0 bridgehead atoms. The van der Waals surface area contributed by atoms with Crippen LogP contribution in [0.2, 0.25) is 0 Å². The molecule has 0 aromatic carbocycles. The van der Waals surface area contributed by atoms with Gasteiger partial charge in [-0.05, 0) is 13.0 Å². The predicted molar refractivity (Wildman–Crippen MR) is 45.7 cm³/mol. The molecule has 0 spiro atoms. The van der Waals surface area contributed by atoms with Gasteiger partial charge in [-0.3, -0.25) is 4.68 Å². The number of nitrogens with two attached hydrogens (primary N) is 1. The molecule has 0 radical (unpaired) electrons. The van der Waals surface area contributed by atoms with E-state index >= 15 is 0 Å². The predicted octanol–water partition coefficient (Wildman–Crippen LogP) is 1.16. The van der Waals surface area contributed by atoms with Crippen LogP contribution >= 0.6 is 0 Å². The van der Waals surface area contributed by atoms with Crippen molar-refractivity contribution < 1.29 is 13.2 Å². The van der Waals surface area contributed by atoms with E-state index in [0.29, 0.717) is 11.4 Å². The average Bonchev–Trinajstić information content (AvgIpc) is 2.28. The Kier molecular flexibility index (Phi) is 2.84. The summed E-state index contributed by atoms with van der Waals surface area (Å²) in [5.41, 5.74) is 6.18. The van der Waals surface area contributed by atoms with Gasteiger partial charge in [-0.15, -0.1) is 0 Å². The lowest BCUT2D eigenvalue weighted by Gasteiger charge is -2.14. The Bertz CT molecular complexity index is 316. The molecule has 2 N–H and O–H groups in total. The molecule has 1 unspecified atom stereocenters. The maximum atomic E-state index is 12.1. The first kappa shape index (κ1) is 11.0. The fraction of sp³-hybridized carbons (Fsp3) is 0.625. The smallest absolute Gasteiger partial charge is 0.320 e. The van der Waals surface area contributed by atoms with Crippen molar-refractivity contribution in [2.24, 2.45) is 12.8 Å². The molecule has 1 atom stereocenters.